The molecule has 8 heteroatoms. The van der Waals surface area contributed by atoms with E-state index in [0.717, 1.165) is 12.1 Å². The average molecular weight is 305 g/mol. The van der Waals surface area contributed by atoms with Crippen molar-refractivity contribution in [1.29, 1.82) is 0 Å². The third kappa shape index (κ3) is 3.51. The zero-order chi connectivity index (χ0) is 14.8. The normalized spacial score (nSPS) is 16.1. The molecule has 2 rings (SSSR count). The van der Waals surface area contributed by atoms with E-state index in [1.165, 1.54) is 6.07 Å². The van der Waals surface area contributed by atoms with Crippen molar-refractivity contribution < 1.29 is 17.9 Å². The Morgan fingerprint density at radius 3 is 2.50 bits per heavy atom. The fourth-order valence-corrected chi connectivity index (χ4v) is 2.14. The molecule has 1 fully saturated rings. The van der Waals surface area contributed by atoms with Crippen molar-refractivity contribution in [1.82, 2.24) is 0 Å². The molecule has 1 saturated heterocycles. The van der Waals surface area contributed by atoms with E-state index in [2.05, 4.69) is 5.32 Å². The maximum atomic E-state index is 12.8. The van der Waals surface area contributed by atoms with Crippen LogP contribution in [0, 0.1) is 0 Å². The number of morpholine rings is 1. The summed E-state index contributed by atoms with van der Waals surface area (Å²) in [6, 6.07) is 3.49. The van der Waals surface area contributed by atoms with Crippen LogP contribution in [0.4, 0.5) is 24.5 Å². The number of benzene rings is 1. The molecule has 110 valence electrons. The van der Waals surface area contributed by atoms with Gasteiger partial charge in [-0.1, -0.05) is 0 Å². The molecule has 0 saturated carbocycles. The Labute approximate surface area is 119 Å². The lowest BCUT2D eigenvalue weighted by molar-refractivity contribution is -0.137. The lowest BCUT2D eigenvalue weighted by Gasteiger charge is -2.31. The number of alkyl halides is 3. The van der Waals surface area contributed by atoms with E-state index in [-0.39, 0.29) is 10.8 Å². The molecule has 0 radical (unpaired) electrons. The first-order chi connectivity index (χ1) is 9.38. The van der Waals surface area contributed by atoms with Gasteiger partial charge in [0.2, 0.25) is 0 Å². The molecule has 3 N–H and O–H groups in total. The maximum Gasteiger partial charge on any atom is 0.416 e. The van der Waals surface area contributed by atoms with Crippen molar-refractivity contribution >= 4 is 28.7 Å². The average Bonchev–Trinajstić information content (AvgIpc) is 2.38. The monoisotopic (exact) mass is 305 g/mol. The number of thiocarbonyl (C=S) groups is 1. The molecule has 0 unspecified atom stereocenters. The molecule has 1 aromatic carbocycles. The number of rotatable bonds is 2. The van der Waals surface area contributed by atoms with Crippen molar-refractivity contribution in [3.05, 3.63) is 23.8 Å². The number of nitrogens with one attached hydrogen (secondary N) is 1. The van der Waals surface area contributed by atoms with Crippen LogP contribution in [0.1, 0.15) is 5.56 Å². The molecular weight excluding hydrogens is 291 g/mol. The molecule has 1 heterocycles. The summed E-state index contributed by atoms with van der Waals surface area (Å²) in [7, 11) is 0. The molecule has 0 amide bonds. The number of halogens is 3. The number of ether oxygens (including phenoxy) is 1. The Hall–Kier alpha value is -1.54. The molecule has 20 heavy (non-hydrogen) atoms. The van der Waals surface area contributed by atoms with Crippen molar-refractivity contribution in [2.24, 2.45) is 5.73 Å². The van der Waals surface area contributed by atoms with Crippen LogP contribution >= 0.6 is 12.2 Å². The van der Waals surface area contributed by atoms with E-state index in [4.69, 9.17) is 22.7 Å². The van der Waals surface area contributed by atoms with Gasteiger partial charge in [0.05, 0.1) is 30.2 Å². The molecule has 0 bridgehead atoms. The van der Waals surface area contributed by atoms with Crippen molar-refractivity contribution in [2.45, 2.75) is 6.18 Å². The molecule has 0 spiro atoms. The fraction of sp³-hybridized carbons (Fsp3) is 0.417. The first-order valence-electron chi connectivity index (χ1n) is 5.98. The predicted octanol–water partition coefficient (Wildman–Crippen LogP) is 2.20. The first kappa shape index (κ1) is 14.9. The maximum absolute atomic E-state index is 12.8. The van der Waals surface area contributed by atoms with Gasteiger partial charge in [-0.05, 0) is 30.4 Å². The van der Waals surface area contributed by atoms with Gasteiger partial charge in [-0.25, -0.2) is 0 Å². The second-order valence-electron chi connectivity index (χ2n) is 4.32. The summed E-state index contributed by atoms with van der Waals surface area (Å²) in [5.74, 6) is 0. The van der Waals surface area contributed by atoms with Gasteiger partial charge >= 0.3 is 6.18 Å². The van der Waals surface area contributed by atoms with Crippen LogP contribution in [0.2, 0.25) is 0 Å². The van der Waals surface area contributed by atoms with E-state index in [1.54, 1.807) is 0 Å². The van der Waals surface area contributed by atoms with E-state index in [1.807, 2.05) is 4.90 Å². The van der Waals surface area contributed by atoms with Crippen LogP contribution < -0.4 is 16.0 Å². The predicted molar refractivity (Wildman–Crippen MR) is 74.9 cm³/mol. The molecular formula is C12H14F3N3OS. The molecule has 4 nitrogen and oxygen atoms in total. The van der Waals surface area contributed by atoms with Gasteiger partial charge in [-0.15, -0.1) is 0 Å². The zero-order valence-electron chi connectivity index (χ0n) is 10.5. The highest BCUT2D eigenvalue weighted by Gasteiger charge is 2.31. The highest BCUT2D eigenvalue weighted by Crippen LogP contribution is 2.35. The largest absolute Gasteiger partial charge is 0.416 e. The van der Waals surface area contributed by atoms with Gasteiger partial charge in [0, 0.05) is 13.1 Å². The number of nitrogens with two attached hydrogens (primary N) is 1. The molecule has 1 aliphatic heterocycles. The molecule has 1 aromatic rings. The van der Waals surface area contributed by atoms with Crippen LogP contribution in [0.25, 0.3) is 0 Å². The van der Waals surface area contributed by atoms with Gasteiger partial charge in [-0.2, -0.15) is 13.2 Å². The van der Waals surface area contributed by atoms with Crippen molar-refractivity contribution in [3.8, 4) is 0 Å². The number of anilines is 2. The van der Waals surface area contributed by atoms with Crippen molar-refractivity contribution in [3.63, 3.8) is 0 Å². The standard InChI is InChI=1S/C12H14F3N3OS/c13-12(14,15)8-1-2-10(9(7-8)17-11(16)20)18-3-5-19-6-4-18/h1-2,7H,3-6H2,(H3,16,17,20). The topological polar surface area (TPSA) is 50.5 Å². The van der Waals surface area contributed by atoms with Crippen molar-refractivity contribution in [2.75, 3.05) is 36.5 Å². The lowest BCUT2D eigenvalue weighted by atomic mass is 10.1. The summed E-state index contributed by atoms with van der Waals surface area (Å²) in [5.41, 5.74) is 5.53. The highest BCUT2D eigenvalue weighted by atomic mass is 32.1. The minimum Gasteiger partial charge on any atom is -0.378 e. The van der Waals surface area contributed by atoms with Gasteiger partial charge in [-0.3, -0.25) is 0 Å². The summed E-state index contributed by atoms with van der Waals surface area (Å²) in [6.45, 7) is 2.29. The minimum absolute atomic E-state index is 0.0705. The highest BCUT2D eigenvalue weighted by molar-refractivity contribution is 7.80. The molecule has 1 aliphatic rings. The molecule has 0 aliphatic carbocycles. The molecule has 0 atom stereocenters. The minimum atomic E-state index is -4.41. The van der Waals surface area contributed by atoms with Gasteiger partial charge < -0.3 is 20.7 Å². The Balaban J connectivity index is 2.36. The van der Waals surface area contributed by atoms with Crippen LogP contribution in [-0.4, -0.2) is 31.4 Å². The van der Waals surface area contributed by atoms with Gasteiger partial charge in [0.25, 0.3) is 0 Å². The summed E-state index contributed by atoms with van der Waals surface area (Å²) >= 11 is 4.72. The second-order valence-corrected chi connectivity index (χ2v) is 4.76. The summed E-state index contributed by atoms with van der Waals surface area (Å²) in [6.07, 6.45) is -4.41. The van der Waals surface area contributed by atoms with E-state index < -0.39 is 11.7 Å². The summed E-state index contributed by atoms with van der Waals surface area (Å²) < 4.78 is 43.5. The number of hydrogen-bond donors (Lipinski definition) is 2. The Bertz CT molecular complexity index is 501. The Morgan fingerprint density at radius 2 is 1.95 bits per heavy atom. The lowest BCUT2D eigenvalue weighted by Crippen LogP contribution is -2.37. The third-order valence-corrected chi connectivity index (χ3v) is 3.04. The molecule has 0 aromatic heterocycles. The van der Waals surface area contributed by atoms with Gasteiger partial charge in [0.1, 0.15) is 0 Å². The smallest absolute Gasteiger partial charge is 0.378 e. The van der Waals surface area contributed by atoms with Crippen LogP contribution in [0.15, 0.2) is 18.2 Å². The Morgan fingerprint density at radius 1 is 1.30 bits per heavy atom. The van der Waals surface area contributed by atoms with Crippen LogP contribution in [-0.2, 0) is 10.9 Å². The SMILES string of the molecule is NC(=S)Nc1cc(C(F)(F)F)ccc1N1CCOCC1. The van der Waals surface area contributed by atoms with E-state index >= 15 is 0 Å². The summed E-state index contributed by atoms with van der Waals surface area (Å²) in [4.78, 5) is 1.93. The van der Waals surface area contributed by atoms with Crippen LogP contribution in [0.3, 0.4) is 0 Å². The number of nitrogens with zero attached hydrogens (tertiary/aromatic N) is 1. The van der Waals surface area contributed by atoms with E-state index in [0.29, 0.717) is 32.0 Å². The zero-order valence-corrected chi connectivity index (χ0v) is 11.4. The fourth-order valence-electron chi connectivity index (χ4n) is 2.03. The quantitative estimate of drug-likeness (QED) is 0.820. The van der Waals surface area contributed by atoms with Gasteiger partial charge in [0.15, 0.2) is 5.11 Å². The Kier molecular flexibility index (Phi) is 4.34. The van der Waals surface area contributed by atoms with E-state index in [9.17, 15) is 13.2 Å². The number of hydrogen-bond acceptors (Lipinski definition) is 3. The third-order valence-electron chi connectivity index (χ3n) is 2.93. The first-order valence-corrected chi connectivity index (χ1v) is 6.39. The second kappa shape index (κ2) is 5.84. The van der Waals surface area contributed by atoms with Crippen LogP contribution in [0.5, 0.6) is 0 Å². The summed E-state index contributed by atoms with van der Waals surface area (Å²) in [5, 5.41) is 2.54.